The monoisotopic (exact) mass is 355 g/mol. The summed E-state index contributed by atoms with van der Waals surface area (Å²) >= 11 is 3.09. The molecule has 0 radical (unpaired) electrons. The Balaban J connectivity index is 2.39. The van der Waals surface area contributed by atoms with Gasteiger partial charge in [-0.1, -0.05) is 15.9 Å². The number of aromatic carboxylic acids is 1. The first kappa shape index (κ1) is 14.9. The quantitative estimate of drug-likeness (QED) is 0.661. The van der Waals surface area contributed by atoms with Gasteiger partial charge >= 0.3 is 5.97 Å². The van der Waals surface area contributed by atoms with Crippen LogP contribution in [0.25, 0.3) is 0 Å². The Morgan fingerprint density at radius 1 is 1.29 bits per heavy atom. The molecule has 0 unspecified atom stereocenters. The van der Waals surface area contributed by atoms with Gasteiger partial charge in [0.1, 0.15) is 11.3 Å². The third-order valence-corrected chi connectivity index (χ3v) is 3.01. The van der Waals surface area contributed by atoms with Crippen molar-refractivity contribution in [1.82, 2.24) is 0 Å². The van der Waals surface area contributed by atoms with E-state index in [-0.39, 0.29) is 11.5 Å². The Morgan fingerprint density at radius 3 is 2.57 bits per heavy atom. The topological polar surface area (TPSA) is 89.7 Å². The average molecular weight is 356 g/mol. The van der Waals surface area contributed by atoms with E-state index in [4.69, 9.17) is 9.84 Å². The van der Waals surface area contributed by atoms with Gasteiger partial charge in [0.05, 0.1) is 4.92 Å². The van der Waals surface area contributed by atoms with Gasteiger partial charge in [-0.2, -0.15) is 0 Å². The van der Waals surface area contributed by atoms with Crippen molar-refractivity contribution in [3.05, 3.63) is 62.4 Å². The highest BCUT2D eigenvalue weighted by atomic mass is 79.9. The number of rotatable bonds is 4. The summed E-state index contributed by atoms with van der Waals surface area (Å²) in [6.45, 7) is 0. The van der Waals surface area contributed by atoms with Gasteiger partial charge in [-0.15, -0.1) is 0 Å². The summed E-state index contributed by atoms with van der Waals surface area (Å²) in [5.41, 5.74) is -1.10. The number of nitrogens with zero attached hydrogens (tertiary/aromatic N) is 1. The summed E-state index contributed by atoms with van der Waals surface area (Å²) in [5, 5.41) is 19.7. The molecule has 0 aliphatic heterocycles. The number of hydrogen-bond acceptors (Lipinski definition) is 4. The van der Waals surface area contributed by atoms with Crippen LogP contribution in [-0.2, 0) is 0 Å². The van der Waals surface area contributed by atoms with Gasteiger partial charge in [0.25, 0.3) is 5.69 Å². The largest absolute Gasteiger partial charge is 0.477 e. The molecule has 8 heteroatoms. The molecule has 108 valence electrons. The van der Waals surface area contributed by atoms with Crippen molar-refractivity contribution in [2.24, 2.45) is 0 Å². The summed E-state index contributed by atoms with van der Waals surface area (Å²) in [6, 6.07) is 7.24. The number of nitro benzene ring substituents is 1. The zero-order valence-electron chi connectivity index (χ0n) is 10.2. The second-order valence-corrected chi connectivity index (χ2v) is 4.83. The van der Waals surface area contributed by atoms with Gasteiger partial charge in [-0.05, 0) is 24.3 Å². The number of carbonyl (C=O) groups is 1. The number of halogens is 2. The molecule has 0 fully saturated rings. The van der Waals surface area contributed by atoms with Crippen LogP contribution in [0, 0.1) is 15.9 Å². The molecule has 0 aliphatic rings. The Hall–Kier alpha value is -2.48. The number of ether oxygens (including phenoxy) is 1. The molecule has 0 bridgehead atoms. The fourth-order valence-electron chi connectivity index (χ4n) is 1.59. The summed E-state index contributed by atoms with van der Waals surface area (Å²) in [7, 11) is 0. The van der Waals surface area contributed by atoms with Gasteiger partial charge < -0.3 is 9.84 Å². The third kappa shape index (κ3) is 3.34. The predicted molar refractivity (Wildman–Crippen MR) is 74.2 cm³/mol. The predicted octanol–water partition coefficient (Wildman–Crippen LogP) is 3.99. The summed E-state index contributed by atoms with van der Waals surface area (Å²) in [4.78, 5) is 20.9. The normalized spacial score (nSPS) is 10.2. The minimum atomic E-state index is -1.47. The number of hydrogen-bond donors (Lipinski definition) is 1. The van der Waals surface area contributed by atoms with Crippen LogP contribution in [-0.4, -0.2) is 16.0 Å². The molecule has 21 heavy (non-hydrogen) atoms. The van der Waals surface area contributed by atoms with Crippen molar-refractivity contribution < 1.29 is 24.0 Å². The van der Waals surface area contributed by atoms with E-state index in [1.807, 2.05) is 0 Å². The van der Waals surface area contributed by atoms with E-state index in [1.165, 1.54) is 18.2 Å². The summed E-state index contributed by atoms with van der Waals surface area (Å²) < 4.78 is 19.3. The Kier molecular flexibility index (Phi) is 4.18. The van der Waals surface area contributed by atoms with E-state index < -0.39 is 28.0 Å². The van der Waals surface area contributed by atoms with Gasteiger partial charge in [0.2, 0.25) is 0 Å². The van der Waals surface area contributed by atoms with E-state index in [0.29, 0.717) is 4.47 Å². The van der Waals surface area contributed by atoms with Crippen molar-refractivity contribution >= 4 is 27.6 Å². The van der Waals surface area contributed by atoms with E-state index in [0.717, 1.165) is 12.1 Å². The maximum atomic E-state index is 13.6. The van der Waals surface area contributed by atoms with Crippen molar-refractivity contribution in [3.8, 4) is 11.5 Å². The molecule has 6 nitrogen and oxygen atoms in total. The Labute approximate surface area is 126 Å². The van der Waals surface area contributed by atoms with Crippen LogP contribution in [0.1, 0.15) is 10.4 Å². The fourth-order valence-corrected chi connectivity index (χ4v) is 1.93. The Morgan fingerprint density at radius 2 is 2.00 bits per heavy atom. The van der Waals surface area contributed by atoms with Gasteiger partial charge in [0.15, 0.2) is 11.6 Å². The zero-order valence-corrected chi connectivity index (χ0v) is 11.8. The molecule has 0 aromatic heterocycles. The van der Waals surface area contributed by atoms with E-state index in [2.05, 4.69) is 15.9 Å². The van der Waals surface area contributed by atoms with Crippen LogP contribution in [0.15, 0.2) is 40.9 Å². The molecule has 2 rings (SSSR count). The molecule has 0 saturated carbocycles. The summed E-state index contributed by atoms with van der Waals surface area (Å²) in [6.07, 6.45) is 0. The molecule has 2 aromatic carbocycles. The van der Waals surface area contributed by atoms with Gasteiger partial charge in [0, 0.05) is 16.6 Å². The molecular weight excluding hydrogens is 349 g/mol. The number of carboxylic acids is 1. The molecule has 1 N–H and O–H groups in total. The van der Waals surface area contributed by atoms with Gasteiger partial charge in [-0.3, -0.25) is 10.1 Å². The fraction of sp³-hybridized carbons (Fsp3) is 0. The van der Waals surface area contributed by atoms with E-state index in [1.54, 1.807) is 6.07 Å². The minimum Gasteiger partial charge on any atom is -0.477 e. The number of carboxylic acid groups (broad SMARTS) is 1. The molecule has 0 amide bonds. The summed E-state index contributed by atoms with van der Waals surface area (Å²) in [5.74, 6) is -2.26. The second kappa shape index (κ2) is 5.88. The third-order valence-electron chi connectivity index (χ3n) is 2.52. The molecule has 0 atom stereocenters. The van der Waals surface area contributed by atoms with Crippen LogP contribution in [0.5, 0.6) is 11.5 Å². The standard InChI is InChI=1S/C13H7BrFNO5/c14-7-1-4-12(10(15)5-7)21-8-2-3-11(16(19)20)9(6-8)13(17)18/h1-6H,(H,17,18). The van der Waals surface area contributed by atoms with Crippen molar-refractivity contribution in [1.29, 1.82) is 0 Å². The molecule has 0 spiro atoms. The van der Waals surface area contributed by atoms with Crippen molar-refractivity contribution in [3.63, 3.8) is 0 Å². The van der Waals surface area contributed by atoms with E-state index >= 15 is 0 Å². The van der Waals surface area contributed by atoms with Crippen LogP contribution in [0.4, 0.5) is 10.1 Å². The van der Waals surface area contributed by atoms with Gasteiger partial charge in [-0.25, -0.2) is 9.18 Å². The number of nitro groups is 1. The zero-order chi connectivity index (χ0) is 15.6. The van der Waals surface area contributed by atoms with E-state index in [9.17, 15) is 19.3 Å². The lowest BCUT2D eigenvalue weighted by atomic mass is 10.1. The first-order valence-corrected chi connectivity index (χ1v) is 6.32. The first-order chi connectivity index (χ1) is 9.88. The molecular formula is C13H7BrFNO5. The van der Waals surface area contributed by atoms with Crippen LogP contribution in [0.2, 0.25) is 0 Å². The van der Waals surface area contributed by atoms with Crippen LogP contribution < -0.4 is 4.74 Å². The molecule has 0 aliphatic carbocycles. The second-order valence-electron chi connectivity index (χ2n) is 3.92. The smallest absolute Gasteiger partial charge is 0.342 e. The maximum Gasteiger partial charge on any atom is 0.342 e. The van der Waals surface area contributed by atoms with Crippen molar-refractivity contribution in [2.45, 2.75) is 0 Å². The SMILES string of the molecule is O=C(O)c1cc(Oc2ccc(Br)cc2F)ccc1[N+](=O)[O-]. The lowest BCUT2D eigenvalue weighted by molar-refractivity contribution is -0.385. The first-order valence-electron chi connectivity index (χ1n) is 5.53. The van der Waals surface area contributed by atoms with Crippen LogP contribution >= 0.6 is 15.9 Å². The van der Waals surface area contributed by atoms with Crippen LogP contribution in [0.3, 0.4) is 0 Å². The van der Waals surface area contributed by atoms with Crippen molar-refractivity contribution in [2.75, 3.05) is 0 Å². The lowest BCUT2D eigenvalue weighted by Gasteiger charge is -2.08. The number of benzene rings is 2. The highest BCUT2D eigenvalue weighted by Crippen LogP contribution is 2.30. The molecule has 0 saturated heterocycles. The molecule has 2 aromatic rings. The maximum absolute atomic E-state index is 13.6. The average Bonchev–Trinajstić information content (AvgIpc) is 2.41. The molecule has 0 heterocycles. The Bertz CT molecular complexity index is 734. The highest BCUT2D eigenvalue weighted by molar-refractivity contribution is 9.10. The lowest BCUT2D eigenvalue weighted by Crippen LogP contribution is -2.03. The minimum absolute atomic E-state index is 0.0146. The highest BCUT2D eigenvalue weighted by Gasteiger charge is 2.20.